The molecular formula is C29H32FN5. The molecule has 0 amide bonds. The van der Waals surface area contributed by atoms with Crippen LogP contribution >= 0.6 is 0 Å². The van der Waals surface area contributed by atoms with Gasteiger partial charge in [0, 0.05) is 23.2 Å². The predicted molar refractivity (Wildman–Crippen MR) is 144 cm³/mol. The number of aromatic amines is 2. The van der Waals surface area contributed by atoms with Crippen LogP contribution in [0.1, 0.15) is 48.3 Å². The Labute approximate surface area is 205 Å². The van der Waals surface area contributed by atoms with Crippen LogP contribution in [0.3, 0.4) is 0 Å². The first-order valence-corrected chi connectivity index (χ1v) is 12.1. The zero-order valence-corrected chi connectivity index (χ0v) is 20.8. The van der Waals surface area contributed by atoms with Crippen LogP contribution in [0.25, 0.3) is 33.4 Å². The fourth-order valence-corrected chi connectivity index (χ4v) is 4.47. The highest BCUT2D eigenvalue weighted by Crippen LogP contribution is 2.34. The maximum atomic E-state index is 14.1. The molecule has 6 heteroatoms. The van der Waals surface area contributed by atoms with Gasteiger partial charge in [-0.25, -0.2) is 4.39 Å². The summed E-state index contributed by atoms with van der Waals surface area (Å²) in [5.74, 6) is -0.251. The van der Waals surface area contributed by atoms with Gasteiger partial charge in [-0.05, 0) is 73.4 Å². The van der Waals surface area contributed by atoms with Crippen molar-refractivity contribution in [3.63, 3.8) is 0 Å². The van der Waals surface area contributed by atoms with Gasteiger partial charge in [-0.1, -0.05) is 44.7 Å². The molecular weight excluding hydrogens is 437 g/mol. The Morgan fingerprint density at radius 2 is 1.94 bits per heavy atom. The van der Waals surface area contributed by atoms with Crippen molar-refractivity contribution in [1.82, 2.24) is 25.5 Å². The Morgan fingerprint density at radius 1 is 1.11 bits per heavy atom. The second-order valence-electron chi connectivity index (χ2n) is 8.43. The van der Waals surface area contributed by atoms with Crippen molar-refractivity contribution in [2.75, 3.05) is 13.1 Å². The molecule has 4 heterocycles. The van der Waals surface area contributed by atoms with Gasteiger partial charge in [-0.2, -0.15) is 5.10 Å². The number of hydrogen-bond acceptors (Lipinski definition) is 3. The van der Waals surface area contributed by atoms with E-state index in [0.717, 1.165) is 75.5 Å². The number of aryl methyl sites for hydroxylation is 2. The molecule has 0 fully saturated rings. The third-order valence-corrected chi connectivity index (χ3v) is 6.04. The molecule has 0 bridgehead atoms. The van der Waals surface area contributed by atoms with Crippen molar-refractivity contribution >= 4 is 22.0 Å². The molecule has 180 valence electrons. The third kappa shape index (κ3) is 5.03. The monoisotopic (exact) mass is 469 g/mol. The Kier molecular flexibility index (Phi) is 7.42. The van der Waals surface area contributed by atoms with E-state index in [1.807, 2.05) is 46.0 Å². The number of H-pyrrole nitrogens is 2. The fraction of sp³-hybridized carbons (Fsp3) is 0.241. The van der Waals surface area contributed by atoms with Crippen LogP contribution < -0.4 is 5.32 Å². The van der Waals surface area contributed by atoms with E-state index in [1.165, 1.54) is 11.6 Å². The zero-order chi connectivity index (χ0) is 24.9. The Morgan fingerprint density at radius 3 is 2.66 bits per heavy atom. The van der Waals surface area contributed by atoms with Crippen LogP contribution in [0, 0.1) is 19.7 Å². The summed E-state index contributed by atoms with van der Waals surface area (Å²) in [7, 11) is 0. The molecule has 0 saturated heterocycles. The molecule has 3 aromatic heterocycles. The maximum Gasteiger partial charge on any atom is 0.124 e. The van der Waals surface area contributed by atoms with Crippen molar-refractivity contribution in [3.8, 4) is 11.4 Å². The van der Waals surface area contributed by atoms with Gasteiger partial charge in [-0.15, -0.1) is 0 Å². The van der Waals surface area contributed by atoms with Gasteiger partial charge in [0.05, 0.1) is 23.1 Å². The molecule has 1 aromatic carbocycles. The molecule has 5 nitrogen and oxygen atoms in total. The molecule has 0 spiro atoms. The van der Waals surface area contributed by atoms with E-state index < -0.39 is 0 Å². The topological polar surface area (TPSA) is 69.4 Å². The van der Waals surface area contributed by atoms with Crippen LogP contribution in [0.4, 0.5) is 4.39 Å². The number of benzene rings is 1. The number of halogens is 1. The normalized spacial score (nSPS) is 13.9. The van der Waals surface area contributed by atoms with E-state index in [9.17, 15) is 4.39 Å². The van der Waals surface area contributed by atoms with Crippen LogP contribution in [0.15, 0.2) is 61.3 Å². The largest absolute Gasteiger partial charge is 0.357 e. The van der Waals surface area contributed by atoms with Crippen LogP contribution in [0.5, 0.6) is 0 Å². The van der Waals surface area contributed by atoms with Crippen molar-refractivity contribution < 1.29 is 4.39 Å². The number of nitrogens with one attached hydrogen (secondary N) is 3. The van der Waals surface area contributed by atoms with Crippen molar-refractivity contribution in [2.24, 2.45) is 0 Å². The minimum Gasteiger partial charge on any atom is -0.357 e. The van der Waals surface area contributed by atoms with Crippen LogP contribution in [-0.2, 0) is 0 Å². The summed E-state index contributed by atoms with van der Waals surface area (Å²) in [6.07, 6.45) is 8.65. The molecule has 0 atom stereocenters. The molecule has 3 N–H and O–H groups in total. The lowest BCUT2D eigenvalue weighted by Crippen LogP contribution is -2.20. The van der Waals surface area contributed by atoms with Gasteiger partial charge in [0.25, 0.3) is 0 Å². The quantitative estimate of drug-likeness (QED) is 0.284. The van der Waals surface area contributed by atoms with E-state index in [0.29, 0.717) is 0 Å². The number of hydrogen-bond donors (Lipinski definition) is 3. The first-order chi connectivity index (χ1) is 17.0. The van der Waals surface area contributed by atoms with E-state index in [1.54, 1.807) is 12.1 Å². The lowest BCUT2D eigenvalue weighted by Gasteiger charge is -2.13. The van der Waals surface area contributed by atoms with E-state index in [2.05, 4.69) is 50.3 Å². The molecule has 5 rings (SSSR count). The number of aromatic nitrogens is 4. The highest BCUT2D eigenvalue weighted by atomic mass is 19.1. The summed E-state index contributed by atoms with van der Waals surface area (Å²) in [6.45, 7) is 13.6. The lowest BCUT2D eigenvalue weighted by atomic mass is 9.96. The predicted octanol–water partition coefficient (Wildman–Crippen LogP) is 6.73. The van der Waals surface area contributed by atoms with Gasteiger partial charge in [0.15, 0.2) is 0 Å². The van der Waals surface area contributed by atoms with Gasteiger partial charge >= 0.3 is 0 Å². The Balaban J connectivity index is 0.00000141. The third-order valence-electron chi connectivity index (χ3n) is 6.04. The number of nitrogens with zero attached hydrogens (tertiary/aromatic N) is 2. The zero-order valence-electron chi connectivity index (χ0n) is 20.8. The van der Waals surface area contributed by atoms with Crippen molar-refractivity contribution in [3.05, 3.63) is 95.2 Å². The summed E-state index contributed by atoms with van der Waals surface area (Å²) >= 11 is 0. The summed E-state index contributed by atoms with van der Waals surface area (Å²) in [6, 6.07) is 9.26. The summed E-state index contributed by atoms with van der Waals surface area (Å²) in [4.78, 5) is 8.12. The first kappa shape index (κ1) is 24.4. The van der Waals surface area contributed by atoms with E-state index >= 15 is 0 Å². The van der Waals surface area contributed by atoms with E-state index in [4.69, 9.17) is 0 Å². The molecule has 35 heavy (non-hydrogen) atoms. The van der Waals surface area contributed by atoms with Gasteiger partial charge in [0.2, 0.25) is 0 Å². The first-order valence-electron chi connectivity index (χ1n) is 12.1. The summed E-state index contributed by atoms with van der Waals surface area (Å²) in [5, 5.41) is 12.0. The molecule has 0 unspecified atom stereocenters. The van der Waals surface area contributed by atoms with Gasteiger partial charge < -0.3 is 10.3 Å². The Bertz CT molecular complexity index is 1400. The fourth-order valence-electron chi connectivity index (χ4n) is 4.47. The standard InChI is InChI=1S/C27H26FN5.C2H6/c1-4-5-21(19-10-16(2)11-20(28)12-19)22-13-25(31-17(22)3)27-23-14-24(18-6-8-29-9-7-18)30-15-26(23)32-33-27;1-2/h4-6,10-15,29,31H,1,7-9H2,2-3H3,(H,32,33);1-2H3/b21-5-;. The van der Waals surface area contributed by atoms with Crippen LogP contribution in [0.2, 0.25) is 0 Å². The second-order valence-corrected chi connectivity index (χ2v) is 8.43. The lowest BCUT2D eigenvalue weighted by molar-refractivity contribution is 0.626. The molecule has 0 radical (unpaired) electrons. The number of fused-ring (bicyclic) bond motifs is 1. The SMILES string of the molecule is C=C/C=C(/c1cc(C)cc(F)c1)c1cc(-c2n[nH]c3cnc(C4=CCNCC4)cc23)[nH]c1C.CC. The van der Waals surface area contributed by atoms with Gasteiger partial charge in [-0.3, -0.25) is 10.1 Å². The smallest absolute Gasteiger partial charge is 0.124 e. The molecule has 1 aliphatic heterocycles. The summed E-state index contributed by atoms with van der Waals surface area (Å²) in [5.41, 5.74) is 9.43. The summed E-state index contributed by atoms with van der Waals surface area (Å²) < 4.78 is 14.1. The minimum absolute atomic E-state index is 0.251. The van der Waals surface area contributed by atoms with Crippen molar-refractivity contribution in [2.45, 2.75) is 34.1 Å². The molecule has 1 aliphatic rings. The number of pyridine rings is 1. The minimum atomic E-state index is -0.251. The number of rotatable bonds is 5. The number of allylic oxidation sites excluding steroid dienone is 2. The highest BCUT2D eigenvalue weighted by Gasteiger charge is 2.18. The maximum absolute atomic E-state index is 14.1. The second kappa shape index (κ2) is 10.7. The molecule has 4 aromatic rings. The van der Waals surface area contributed by atoms with Crippen LogP contribution in [-0.4, -0.2) is 33.3 Å². The van der Waals surface area contributed by atoms with Gasteiger partial charge in [0.1, 0.15) is 11.5 Å². The Hall–Kier alpha value is -3.77. The average molecular weight is 470 g/mol. The van der Waals surface area contributed by atoms with Crippen molar-refractivity contribution in [1.29, 1.82) is 0 Å². The molecule has 0 saturated carbocycles. The molecule has 0 aliphatic carbocycles. The van der Waals surface area contributed by atoms with E-state index in [-0.39, 0.29) is 5.82 Å². The average Bonchev–Trinajstić information content (AvgIpc) is 3.46. The highest BCUT2D eigenvalue weighted by molar-refractivity contribution is 5.94.